The van der Waals surface area contributed by atoms with Crippen LogP contribution < -0.4 is 10.5 Å². The number of hydrogen-bond acceptors (Lipinski definition) is 3. The molecule has 1 amide bonds. The molecule has 0 radical (unpaired) electrons. The van der Waals surface area contributed by atoms with Crippen LogP contribution in [0.5, 0.6) is 5.75 Å². The fraction of sp³-hybridized carbons (Fsp3) is 0.500. The molecule has 4 heteroatoms. The molecule has 1 rings (SSSR count). The van der Waals surface area contributed by atoms with Gasteiger partial charge in [0.15, 0.2) is 0 Å². The Kier molecular flexibility index (Phi) is 5.49. The summed E-state index contributed by atoms with van der Waals surface area (Å²) in [6, 6.07) is 5.30. The molecule has 0 saturated heterocycles. The first-order valence-electron chi connectivity index (χ1n) is 6.37. The van der Waals surface area contributed by atoms with Crippen LogP contribution in [0.15, 0.2) is 18.2 Å². The molecule has 0 spiro atoms. The van der Waals surface area contributed by atoms with Gasteiger partial charge in [0, 0.05) is 13.1 Å². The Bertz CT molecular complexity index is 399. The Hall–Kier alpha value is -1.71. The van der Waals surface area contributed by atoms with E-state index in [9.17, 15) is 4.79 Å². The lowest BCUT2D eigenvalue weighted by Crippen LogP contribution is -2.33. The molecule has 0 saturated carbocycles. The molecule has 18 heavy (non-hydrogen) atoms. The molecule has 1 aromatic carbocycles. The average Bonchev–Trinajstić information content (AvgIpc) is 2.38. The Balaban J connectivity index is 3.00. The van der Waals surface area contributed by atoms with Gasteiger partial charge in [0.2, 0.25) is 0 Å². The van der Waals surface area contributed by atoms with Crippen molar-refractivity contribution in [1.82, 2.24) is 4.90 Å². The monoisotopic (exact) mass is 250 g/mol. The van der Waals surface area contributed by atoms with Crippen molar-refractivity contribution in [2.24, 2.45) is 0 Å². The number of methoxy groups -OCH3 is 1. The first kappa shape index (κ1) is 14.4. The number of ether oxygens (including phenoxy) is 1. The van der Waals surface area contributed by atoms with Crippen molar-refractivity contribution < 1.29 is 9.53 Å². The second-order valence-corrected chi connectivity index (χ2v) is 4.21. The van der Waals surface area contributed by atoms with Crippen molar-refractivity contribution >= 4 is 11.6 Å². The number of nitrogens with two attached hydrogens (primary N) is 1. The highest BCUT2D eigenvalue weighted by atomic mass is 16.5. The number of para-hydroxylation sites is 1. The molecule has 0 atom stereocenters. The van der Waals surface area contributed by atoms with Gasteiger partial charge >= 0.3 is 0 Å². The third-order valence-corrected chi connectivity index (χ3v) is 2.79. The van der Waals surface area contributed by atoms with Crippen molar-refractivity contribution in [3.8, 4) is 5.75 Å². The summed E-state index contributed by atoms with van der Waals surface area (Å²) in [5, 5.41) is 0. The Morgan fingerprint density at radius 1 is 1.28 bits per heavy atom. The number of nitrogen functional groups attached to an aromatic ring is 1. The maximum Gasteiger partial charge on any atom is 0.256 e. The zero-order chi connectivity index (χ0) is 13.5. The van der Waals surface area contributed by atoms with Crippen LogP contribution in [0.3, 0.4) is 0 Å². The predicted octanol–water partition coefficient (Wildman–Crippen LogP) is 2.54. The predicted molar refractivity (Wildman–Crippen MR) is 73.9 cm³/mol. The number of nitrogens with zero attached hydrogens (tertiary/aromatic N) is 1. The van der Waals surface area contributed by atoms with Crippen LogP contribution in [0.4, 0.5) is 5.69 Å². The summed E-state index contributed by atoms with van der Waals surface area (Å²) < 4.78 is 5.14. The second-order valence-electron chi connectivity index (χ2n) is 4.21. The minimum Gasteiger partial charge on any atom is -0.495 e. The Labute approximate surface area is 109 Å². The zero-order valence-corrected chi connectivity index (χ0v) is 11.4. The third-order valence-electron chi connectivity index (χ3n) is 2.79. The molecular formula is C14H22N2O2. The highest BCUT2D eigenvalue weighted by Gasteiger charge is 2.18. The number of rotatable bonds is 6. The van der Waals surface area contributed by atoms with E-state index in [4.69, 9.17) is 10.5 Å². The van der Waals surface area contributed by atoms with Crippen LogP contribution in [0.25, 0.3) is 0 Å². The van der Waals surface area contributed by atoms with Crippen LogP contribution in [0.2, 0.25) is 0 Å². The molecule has 100 valence electrons. The molecule has 0 aliphatic heterocycles. The molecule has 0 unspecified atom stereocenters. The molecule has 0 aromatic heterocycles. The summed E-state index contributed by atoms with van der Waals surface area (Å²) in [5.74, 6) is 0.531. The number of amides is 1. The van der Waals surface area contributed by atoms with E-state index in [2.05, 4.69) is 13.8 Å². The van der Waals surface area contributed by atoms with Crippen LogP contribution >= 0.6 is 0 Å². The van der Waals surface area contributed by atoms with Gasteiger partial charge in [-0.1, -0.05) is 19.9 Å². The van der Waals surface area contributed by atoms with Gasteiger partial charge < -0.3 is 15.4 Å². The first-order valence-corrected chi connectivity index (χ1v) is 6.37. The summed E-state index contributed by atoms with van der Waals surface area (Å²) in [7, 11) is 1.55. The average molecular weight is 250 g/mol. The van der Waals surface area contributed by atoms with Crippen molar-refractivity contribution in [1.29, 1.82) is 0 Å². The fourth-order valence-corrected chi connectivity index (χ4v) is 1.93. The lowest BCUT2D eigenvalue weighted by Gasteiger charge is -2.22. The van der Waals surface area contributed by atoms with Gasteiger partial charge in [-0.05, 0) is 25.0 Å². The zero-order valence-electron chi connectivity index (χ0n) is 11.4. The topological polar surface area (TPSA) is 55.6 Å². The molecule has 1 aromatic rings. The van der Waals surface area contributed by atoms with Crippen LogP contribution in [-0.4, -0.2) is 31.0 Å². The van der Waals surface area contributed by atoms with E-state index in [0.29, 0.717) is 17.0 Å². The van der Waals surface area contributed by atoms with Gasteiger partial charge in [0.25, 0.3) is 5.91 Å². The highest BCUT2D eigenvalue weighted by molar-refractivity contribution is 6.00. The Morgan fingerprint density at radius 3 is 2.39 bits per heavy atom. The molecule has 0 aliphatic carbocycles. The maximum atomic E-state index is 12.4. The molecule has 0 heterocycles. The minimum atomic E-state index is -0.0184. The van der Waals surface area contributed by atoms with Gasteiger partial charge in [-0.15, -0.1) is 0 Å². The molecule has 0 fully saturated rings. The van der Waals surface area contributed by atoms with Crippen molar-refractivity contribution in [3.63, 3.8) is 0 Å². The van der Waals surface area contributed by atoms with Crippen molar-refractivity contribution in [2.75, 3.05) is 25.9 Å². The van der Waals surface area contributed by atoms with E-state index in [0.717, 1.165) is 25.9 Å². The number of carbonyl (C=O) groups excluding carboxylic acids is 1. The molecule has 0 aliphatic rings. The molecular weight excluding hydrogens is 228 g/mol. The molecule has 0 bridgehead atoms. The van der Waals surface area contributed by atoms with Gasteiger partial charge in [-0.2, -0.15) is 0 Å². The number of benzene rings is 1. The van der Waals surface area contributed by atoms with Crippen molar-refractivity contribution in [3.05, 3.63) is 23.8 Å². The van der Waals surface area contributed by atoms with E-state index in [1.165, 1.54) is 0 Å². The highest BCUT2D eigenvalue weighted by Crippen LogP contribution is 2.25. The summed E-state index contributed by atoms with van der Waals surface area (Å²) >= 11 is 0. The standard InChI is InChI=1S/C14H22N2O2/c1-4-9-16(10-5-2)14(17)11-7-6-8-12(18-3)13(11)15/h6-8H,4-5,9-10,15H2,1-3H3. The largest absolute Gasteiger partial charge is 0.495 e. The van der Waals surface area contributed by atoms with Crippen LogP contribution in [0.1, 0.15) is 37.0 Å². The number of anilines is 1. The first-order chi connectivity index (χ1) is 8.65. The quantitative estimate of drug-likeness (QED) is 0.789. The van der Waals surface area contributed by atoms with Crippen LogP contribution in [0, 0.1) is 0 Å². The van der Waals surface area contributed by atoms with Gasteiger partial charge in [-0.3, -0.25) is 4.79 Å². The van der Waals surface area contributed by atoms with Gasteiger partial charge in [0.1, 0.15) is 5.75 Å². The maximum absolute atomic E-state index is 12.4. The van der Waals surface area contributed by atoms with Crippen molar-refractivity contribution in [2.45, 2.75) is 26.7 Å². The van der Waals surface area contributed by atoms with E-state index in [-0.39, 0.29) is 5.91 Å². The minimum absolute atomic E-state index is 0.0184. The smallest absolute Gasteiger partial charge is 0.256 e. The summed E-state index contributed by atoms with van der Waals surface area (Å²) in [4.78, 5) is 14.2. The Morgan fingerprint density at radius 2 is 1.89 bits per heavy atom. The fourth-order valence-electron chi connectivity index (χ4n) is 1.93. The summed E-state index contributed by atoms with van der Waals surface area (Å²) in [6.07, 6.45) is 1.88. The lowest BCUT2D eigenvalue weighted by atomic mass is 10.1. The van der Waals surface area contributed by atoms with E-state index in [1.807, 2.05) is 4.90 Å². The SMILES string of the molecule is CCCN(CCC)C(=O)c1cccc(OC)c1N. The lowest BCUT2D eigenvalue weighted by molar-refractivity contribution is 0.0756. The van der Waals surface area contributed by atoms with E-state index < -0.39 is 0 Å². The third kappa shape index (κ3) is 3.15. The van der Waals surface area contributed by atoms with E-state index >= 15 is 0 Å². The van der Waals surface area contributed by atoms with E-state index in [1.54, 1.807) is 25.3 Å². The van der Waals surface area contributed by atoms with Crippen LogP contribution in [-0.2, 0) is 0 Å². The van der Waals surface area contributed by atoms with Gasteiger partial charge in [0.05, 0.1) is 18.4 Å². The summed E-state index contributed by atoms with van der Waals surface area (Å²) in [5.41, 5.74) is 6.90. The molecule has 2 N–H and O–H groups in total. The van der Waals surface area contributed by atoms with Gasteiger partial charge in [-0.25, -0.2) is 0 Å². The second kappa shape index (κ2) is 6.89. The number of carbonyl (C=O) groups is 1. The normalized spacial score (nSPS) is 10.2. The number of hydrogen-bond donors (Lipinski definition) is 1. The molecule has 4 nitrogen and oxygen atoms in total. The summed E-state index contributed by atoms with van der Waals surface area (Å²) in [6.45, 7) is 5.63.